The number of rotatable bonds is 5. The van der Waals surface area contributed by atoms with E-state index in [9.17, 15) is 14.4 Å². The Balaban J connectivity index is 1.49. The molecule has 148 valence electrons. The van der Waals surface area contributed by atoms with E-state index < -0.39 is 5.97 Å². The zero-order valence-electron chi connectivity index (χ0n) is 16.4. The predicted octanol–water partition coefficient (Wildman–Crippen LogP) is 2.77. The summed E-state index contributed by atoms with van der Waals surface area (Å²) in [5.74, 6) is -1.29. The Labute approximate surface area is 167 Å². The van der Waals surface area contributed by atoms with E-state index in [-0.39, 0.29) is 31.0 Å². The Bertz CT molecular complexity index is 1110. The largest absolute Gasteiger partial charge is 0.460 e. The summed E-state index contributed by atoms with van der Waals surface area (Å²) in [6.45, 7) is 5.67. The molecule has 1 aliphatic heterocycles. The molecule has 0 bridgehead atoms. The van der Waals surface area contributed by atoms with E-state index in [1.165, 1.54) is 0 Å². The van der Waals surface area contributed by atoms with Crippen LogP contribution in [0.5, 0.6) is 0 Å². The number of pyridine rings is 1. The van der Waals surface area contributed by atoms with Crippen LogP contribution in [0.25, 0.3) is 11.0 Å². The van der Waals surface area contributed by atoms with Crippen LogP contribution in [-0.4, -0.2) is 50.6 Å². The molecule has 2 aromatic heterocycles. The number of nitrogens with zero attached hydrogens (tertiary/aromatic N) is 4. The van der Waals surface area contributed by atoms with Crippen LogP contribution < -0.4 is 0 Å². The quantitative estimate of drug-likeness (QED) is 0.489. The van der Waals surface area contributed by atoms with Gasteiger partial charge in [0.05, 0.1) is 34.8 Å². The van der Waals surface area contributed by atoms with Crippen molar-refractivity contribution < 1.29 is 19.1 Å². The van der Waals surface area contributed by atoms with Gasteiger partial charge in [-0.1, -0.05) is 12.1 Å². The van der Waals surface area contributed by atoms with Crippen molar-refractivity contribution in [1.82, 2.24) is 19.7 Å². The number of imide groups is 1. The SMILES string of the molecule is Cc1cc(C(=O)OCCN2C(=O)c3ccccc3C2=O)c2cnn(C(C)C)c2n1. The molecule has 8 nitrogen and oxygen atoms in total. The first kappa shape index (κ1) is 18.8. The molecule has 3 aromatic rings. The van der Waals surface area contributed by atoms with E-state index in [4.69, 9.17) is 4.74 Å². The minimum absolute atomic E-state index is 0.00342. The van der Waals surface area contributed by atoms with Crippen molar-refractivity contribution in [3.8, 4) is 0 Å². The number of aryl methyl sites for hydroxylation is 1. The molecule has 0 saturated heterocycles. The molecule has 0 spiro atoms. The van der Waals surface area contributed by atoms with E-state index in [1.54, 1.807) is 48.1 Å². The number of amides is 2. The number of carbonyl (C=O) groups is 3. The minimum atomic E-state index is -0.541. The first-order chi connectivity index (χ1) is 13.9. The second-order valence-corrected chi connectivity index (χ2v) is 7.17. The molecular weight excluding hydrogens is 372 g/mol. The van der Waals surface area contributed by atoms with Crippen molar-refractivity contribution in [2.75, 3.05) is 13.2 Å². The van der Waals surface area contributed by atoms with Gasteiger partial charge in [0, 0.05) is 11.7 Å². The van der Waals surface area contributed by atoms with Crippen molar-refractivity contribution in [3.05, 3.63) is 58.9 Å². The predicted molar refractivity (Wildman–Crippen MR) is 105 cm³/mol. The third-order valence-corrected chi connectivity index (χ3v) is 4.83. The van der Waals surface area contributed by atoms with Crippen LogP contribution in [0.1, 0.15) is 56.7 Å². The van der Waals surface area contributed by atoms with Gasteiger partial charge in [0.2, 0.25) is 0 Å². The third kappa shape index (κ3) is 3.16. The van der Waals surface area contributed by atoms with Crippen molar-refractivity contribution in [2.45, 2.75) is 26.8 Å². The zero-order chi connectivity index (χ0) is 20.7. The Morgan fingerprint density at radius 2 is 1.79 bits per heavy atom. The minimum Gasteiger partial charge on any atom is -0.460 e. The lowest BCUT2D eigenvalue weighted by Crippen LogP contribution is -2.33. The molecule has 3 heterocycles. The van der Waals surface area contributed by atoms with Gasteiger partial charge < -0.3 is 4.74 Å². The van der Waals surface area contributed by atoms with Gasteiger partial charge in [0.1, 0.15) is 6.61 Å². The molecule has 0 fully saturated rings. The molecule has 0 aliphatic carbocycles. The topological polar surface area (TPSA) is 94.4 Å². The molecule has 2 amide bonds. The molecule has 8 heteroatoms. The van der Waals surface area contributed by atoms with Crippen LogP contribution in [0.15, 0.2) is 36.5 Å². The molecule has 0 N–H and O–H groups in total. The molecule has 0 radical (unpaired) electrons. The Kier molecular flexibility index (Phi) is 4.62. The molecule has 0 unspecified atom stereocenters. The highest BCUT2D eigenvalue weighted by Crippen LogP contribution is 2.23. The summed E-state index contributed by atoms with van der Waals surface area (Å²) < 4.78 is 7.12. The number of esters is 1. The molecular formula is C21H20N4O4. The van der Waals surface area contributed by atoms with Gasteiger partial charge in [0.25, 0.3) is 11.8 Å². The molecule has 0 atom stereocenters. The molecule has 4 rings (SSSR count). The lowest BCUT2D eigenvalue weighted by Gasteiger charge is -2.14. The summed E-state index contributed by atoms with van der Waals surface area (Å²) in [5, 5.41) is 4.92. The second-order valence-electron chi connectivity index (χ2n) is 7.17. The van der Waals surface area contributed by atoms with Gasteiger partial charge in [0.15, 0.2) is 5.65 Å². The summed E-state index contributed by atoms with van der Waals surface area (Å²) in [6.07, 6.45) is 1.60. The van der Waals surface area contributed by atoms with Crippen LogP contribution in [0.4, 0.5) is 0 Å². The van der Waals surface area contributed by atoms with Crippen molar-refractivity contribution in [3.63, 3.8) is 0 Å². The van der Waals surface area contributed by atoms with E-state index in [0.717, 1.165) is 4.90 Å². The maximum Gasteiger partial charge on any atom is 0.339 e. The fraction of sp³-hybridized carbons (Fsp3) is 0.286. The second kappa shape index (κ2) is 7.12. The lowest BCUT2D eigenvalue weighted by molar-refractivity contribution is 0.0422. The first-order valence-corrected chi connectivity index (χ1v) is 9.35. The molecule has 1 aromatic carbocycles. The maximum atomic E-state index is 12.7. The first-order valence-electron chi connectivity index (χ1n) is 9.35. The lowest BCUT2D eigenvalue weighted by atomic mass is 10.1. The smallest absolute Gasteiger partial charge is 0.339 e. The normalized spacial score (nSPS) is 13.4. The Morgan fingerprint density at radius 1 is 1.14 bits per heavy atom. The summed E-state index contributed by atoms with van der Waals surface area (Å²) in [4.78, 5) is 43.0. The van der Waals surface area contributed by atoms with E-state index in [2.05, 4.69) is 10.1 Å². The number of carbonyl (C=O) groups excluding carboxylic acids is 3. The highest BCUT2D eigenvalue weighted by Gasteiger charge is 2.34. The number of fused-ring (bicyclic) bond motifs is 2. The number of hydrogen-bond acceptors (Lipinski definition) is 6. The fourth-order valence-electron chi connectivity index (χ4n) is 3.44. The highest BCUT2D eigenvalue weighted by atomic mass is 16.5. The van der Waals surface area contributed by atoms with E-state index in [1.807, 2.05) is 13.8 Å². The van der Waals surface area contributed by atoms with E-state index >= 15 is 0 Å². The van der Waals surface area contributed by atoms with Gasteiger partial charge in [-0.3, -0.25) is 14.5 Å². The summed E-state index contributed by atoms with van der Waals surface area (Å²) in [6, 6.07) is 8.40. The maximum absolute atomic E-state index is 12.7. The van der Waals surface area contributed by atoms with Crippen molar-refractivity contribution in [1.29, 1.82) is 0 Å². The van der Waals surface area contributed by atoms with Crippen molar-refractivity contribution >= 4 is 28.8 Å². The van der Waals surface area contributed by atoms with Crippen LogP contribution in [-0.2, 0) is 4.74 Å². The molecule has 29 heavy (non-hydrogen) atoms. The standard InChI is InChI=1S/C21H20N4O4/c1-12(2)25-18-17(11-22-25)16(10-13(3)23-18)21(28)29-9-8-24-19(26)14-6-4-5-7-15(14)20(24)27/h4-7,10-12H,8-9H2,1-3H3. The molecule has 1 aliphatic rings. The Morgan fingerprint density at radius 3 is 2.41 bits per heavy atom. The average Bonchev–Trinajstić information content (AvgIpc) is 3.22. The van der Waals surface area contributed by atoms with Gasteiger partial charge in [-0.2, -0.15) is 5.10 Å². The number of hydrogen-bond donors (Lipinski definition) is 0. The summed E-state index contributed by atoms with van der Waals surface area (Å²) in [5.41, 5.74) is 2.40. The summed E-state index contributed by atoms with van der Waals surface area (Å²) >= 11 is 0. The van der Waals surface area contributed by atoms with Crippen molar-refractivity contribution in [2.24, 2.45) is 0 Å². The zero-order valence-corrected chi connectivity index (χ0v) is 16.4. The van der Waals surface area contributed by atoms with Gasteiger partial charge in [-0.25, -0.2) is 14.5 Å². The van der Waals surface area contributed by atoms with Crippen LogP contribution in [0.2, 0.25) is 0 Å². The monoisotopic (exact) mass is 392 g/mol. The van der Waals surface area contributed by atoms with Gasteiger partial charge in [-0.15, -0.1) is 0 Å². The third-order valence-electron chi connectivity index (χ3n) is 4.83. The number of ether oxygens (including phenoxy) is 1. The van der Waals surface area contributed by atoms with Crippen LogP contribution in [0.3, 0.4) is 0 Å². The number of aromatic nitrogens is 3. The van der Waals surface area contributed by atoms with Gasteiger partial charge >= 0.3 is 5.97 Å². The fourth-order valence-corrected chi connectivity index (χ4v) is 3.44. The average molecular weight is 392 g/mol. The van der Waals surface area contributed by atoms with Crippen LogP contribution >= 0.6 is 0 Å². The number of benzene rings is 1. The van der Waals surface area contributed by atoms with Crippen LogP contribution in [0, 0.1) is 6.92 Å². The summed E-state index contributed by atoms with van der Waals surface area (Å²) in [7, 11) is 0. The van der Waals surface area contributed by atoms with Gasteiger partial charge in [-0.05, 0) is 39.0 Å². The highest BCUT2D eigenvalue weighted by molar-refractivity contribution is 6.21. The van der Waals surface area contributed by atoms with E-state index in [0.29, 0.717) is 33.4 Å². The molecule has 0 saturated carbocycles. The Hall–Kier alpha value is -3.55.